The van der Waals surface area contributed by atoms with Crippen LogP contribution in [0, 0.1) is 25.2 Å². The summed E-state index contributed by atoms with van der Waals surface area (Å²) in [4.78, 5) is 30.6. The number of thiophene rings is 1. The van der Waals surface area contributed by atoms with Crippen molar-refractivity contribution in [2.24, 2.45) is 0 Å². The third-order valence-corrected chi connectivity index (χ3v) is 5.10. The normalized spacial score (nSPS) is 10.4. The summed E-state index contributed by atoms with van der Waals surface area (Å²) in [6.45, 7) is 3.43. The minimum Gasteiger partial charge on any atom is -0.493 e. The molecule has 3 rings (SSSR count). The SMILES string of the molecule is COc1cc(C#N)ccc1OCC(=O)Nn1cnc2sc(C)c(C)c2c1=O. The summed E-state index contributed by atoms with van der Waals surface area (Å²) in [5.41, 5.74) is 3.39. The van der Waals surface area contributed by atoms with E-state index in [9.17, 15) is 9.59 Å². The second-order valence-corrected chi connectivity index (χ2v) is 6.89. The second-order valence-electron chi connectivity index (χ2n) is 5.68. The molecule has 1 amide bonds. The number of nitrogens with zero attached hydrogens (tertiary/aromatic N) is 3. The molecule has 27 heavy (non-hydrogen) atoms. The van der Waals surface area contributed by atoms with Crippen molar-refractivity contribution in [1.29, 1.82) is 5.26 Å². The Morgan fingerprint density at radius 1 is 1.37 bits per heavy atom. The highest BCUT2D eigenvalue weighted by atomic mass is 32.1. The van der Waals surface area contributed by atoms with E-state index in [2.05, 4.69) is 10.4 Å². The quantitative estimate of drug-likeness (QED) is 0.722. The van der Waals surface area contributed by atoms with Gasteiger partial charge in [-0.15, -0.1) is 11.3 Å². The maximum Gasteiger partial charge on any atom is 0.281 e. The van der Waals surface area contributed by atoms with Crippen molar-refractivity contribution >= 4 is 27.5 Å². The minimum atomic E-state index is -0.533. The number of nitriles is 1. The van der Waals surface area contributed by atoms with Crippen LogP contribution in [0.1, 0.15) is 16.0 Å². The zero-order valence-corrected chi connectivity index (χ0v) is 15.7. The van der Waals surface area contributed by atoms with E-state index in [1.807, 2.05) is 19.9 Å². The molecule has 0 bridgehead atoms. The number of methoxy groups -OCH3 is 1. The molecule has 0 saturated carbocycles. The lowest BCUT2D eigenvalue weighted by molar-refractivity contribution is -0.119. The molecule has 0 aliphatic heterocycles. The molecule has 0 atom stereocenters. The Hall–Kier alpha value is -3.38. The lowest BCUT2D eigenvalue weighted by Crippen LogP contribution is -2.35. The van der Waals surface area contributed by atoms with E-state index >= 15 is 0 Å². The first kappa shape index (κ1) is 18.4. The standard InChI is InChI=1S/C18H16N4O4S/c1-10-11(2)27-17-16(10)18(24)22(9-20-17)21-15(23)8-26-13-5-4-12(7-19)6-14(13)25-3/h4-6,9H,8H2,1-3H3,(H,21,23). The first-order chi connectivity index (χ1) is 12.9. The lowest BCUT2D eigenvalue weighted by atomic mass is 10.2. The predicted molar refractivity (Wildman–Crippen MR) is 101 cm³/mol. The Morgan fingerprint density at radius 2 is 2.15 bits per heavy atom. The van der Waals surface area contributed by atoms with Gasteiger partial charge in [-0.25, -0.2) is 9.66 Å². The molecule has 0 aliphatic carbocycles. The van der Waals surface area contributed by atoms with Gasteiger partial charge in [0.25, 0.3) is 11.5 Å². The third kappa shape index (κ3) is 3.61. The van der Waals surface area contributed by atoms with Gasteiger partial charge in [-0.05, 0) is 31.5 Å². The summed E-state index contributed by atoms with van der Waals surface area (Å²) in [5.74, 6) is 0.123. The van der Waals surface area contributed by atoms with E-state index in [0.29, 0.717) is 27.3 Å². The number of fused-ring (bicyclic) bond motifs is 1. The fourth-order valence-corrected chi connectivity index (χ4v) is 3.47. The first-order valence-corrected chi connectivity index (χ1v) is 8.74. The molecule has 2 heterocycles. The number of nitrogens with one attached hydrogen (secondary N) is 1. The highest BCUT2D eigenvalue weighted by molar-refractivity contribution is 7.18. The van der Waals surface area contributed by atoms with Gasteiger partial charge in [-0.2, -0.15) is 5.26 Å². The third-order valence-electron chi connectivity index (χ3n) is 3.99. The van der Waals surface area contributed by atoms with E-state index in [0.717, 1.165) is 15.1 Å². The summed E-state index contributed by atoms with van der Waals surface area (Å²) in [7, 11) is 1.44. The maximum absolute atomic E-state index is 12.6. The number of amides is 1. The van der Waals surface area contributed by atoms with E-state index in [1.54, 1.807) is 12.1 Å². The zero-order valence-electron chi connectivity index (χ0n) is 14.9. The second kappa shape index (κ2) is 7.47. The van der Waals surface area contributed by atoms with Gasteiger partial charge in [0.15, 0.2) is 18.1 Å². The number of benzene rings is 1. The van der Waals surface area contributed by atoms with Crippen LogP contribution in [0.2, 0.25) is 0 Å². The molecular weight excluding hydrogens is 368 g/mol. The molecule has 8 nitrogen and oxygen atoms in total. The smallest absolute Gasteiger partial charge is 0.281 e. The number of aryl methyl sites for hydroxylation is 2. The molecule has 3 aromatic rings. The van der Waals surface area contributed by atoms with Gasteiger partial charge < -0.3 is 9.47 Å². The van der Waals surface area contributed by atoms with Gasteiger partial charge in [0.05, 0.1) is 24.1 Å². The monoisotopic (exact) mass is 384 g/mol. The van der Waals surface area contributed by atoms with Crippen LogP contribution in [-0.2, 0) is 4.79 Å². The number of hydrogen-bond acceptors (Lipinski definition) is 7. The number of ether oxygens (including phenoxy) is 2. The van der Waals surface area contributed by atoms with Gasteiger partial charge >= 0.3 is 0 Å². The fraction of sp³-hybridized carbons (Fsp3) is 0.222. The van der Waals surface area contributed by atoms with Crippen LogP contribution in [0.5, 0.6) is 11.5 Å². The highest BCUT2D eigenvalue weighted by Gasteiger charge is 2.14. The molecule has 0 unspecified atom stereocenters. The van der Waals surface area contributed by atoms with Gasteiger partial charge in [0.1, 0.15) is 11.2 Å². The molecular formula is C18H16N4O4S. The Morgan fingerprint density at radius 3 is 2.85 bits per heavy atom. The predicted octanol–water partition coefficient (Wildman–Crippen LogP) is 2.10. The summed E-state index contributed by atoms with van der Waals surface area (Å²) in [6, 6.07) is 6.60. The molecule has 0 fully saturated rings. The van der Waals surface area contributed by atoms with E-state index in [4.69, 9.17) is 14.7 Å². The molecule has 0 radical (unpaired) electrons. The summed E-state index contributed by atoms with van der Waals surface area (Å²) in [6.07, 6.45) is 1.28. The number of aromatic nitrogens is 2. The van der Waals surface area contributed by atoms with Crippen LogP contribution in [0.4, 0.5) is 0 Å². The van der Waals surface area contributed by atoms with Crippen LogP contribution < -0.4 is 20.5 Å². The van der Waals surface area contributed by atoms with Gasteiger partial charge in [-0.1, -0.05) is 0 Å². The molecule has 138 valence electrons. The number of carbonyl (C=O) groups excluding carboxylic acids is 1. The van der Waals surface area contributed by atoms with Crippen molar-refractivity contribution in [1.82, 2.24) is 9.66 Å². The topological polar surface area (TPSA) is 106 Å². The Bertz CT molecular complexity index is 1130. The van der Waals surface area contributed by atoms with Crippen molar-refractivity contribution in [2.75, 3.05) is 19.1 Å². The lowest BCUT2D eigenvalue weighted by Gasteiger charge is -2.11. The van der Waals surface area contributed by atoms with E-state index in [-0.39, 0.29) is 12.2 Å². The summed E-state index contributed by atoms with van der Waals surface area (Å²) < 4.78 is 11.6. The van der Waals surface area contributed by atoms with Crippen molar-refractivity contribution in [3.63, 3.8) is 0 Å². The molecule has 0 spiro atoms. The van der Waals surface area contributed by atoms with Crippen molar-refractivity contribution < 1.29 is 14.3 Å². The fourth-order valence-electron chi connectivity index (χ4n) is 2.48. The van der Waals surface area contributed by atoms with Gasteiger partial charge in [0.2, 0.25) is 0 Å². The van der Waals surface area contributed by atoms with E-state index in [1.165, 1.54) is 30.8 Å². The number of hydrogen-bond donors (Lipinski definition) is 1. The molecule has 1 N–H and O–H groups in total. The summed E-state index contributed by atoms with van der Waals surface area (Å²) in [5, 5.41) is 9.40. The van der Waals surface area contributed by atoms with Crippen LogP contribution in [0.3, 0.4) is 0 Å². The summed E-state index contributed by atoms with van der Waals surface area (Å²) >= 11 is 1.44. The Kier molecular flexibility index (Phi) is 5.09. The van der Waals surface area contributed by atoms with Gasteiger partial charge in [0, 0.05) is 10.9 Å². The highest BCUT2D eigenvalue weighted by Crippen LogP contribution is 2.28. The van der Waals surface area contributed by atoms with Crippen molar-refractivity contribution in [2.45, 2.75) is 13.8 Å². The molecule has 0 saturated heterocycles. The Balaban J connectivity index is 1.75. The average Bonchev–Trinajstić information content (AvgIpc) is 2.96. The minimum absolute atomic E-state index is 0.317. The van der Waals surface area contributed by atoms with Crippen LogP contribution in [0.15, 0.2) is 29.3 Å². The number of rotatable bonds is 5. The van der Waals surface area contributed by atoms with Crippen LogP contribution in [0.25, 0.3) is 10.2 Å². The largest absolute Gasteiger partial charge is 0.493 e. The van der Waals surface area contributed by atoms with Gasteiger partial charge in [-0.3, -0.25) is 15.0 Å². The molecule has 1 aromatic carbocycles. The molecule has 0 aliphatic rings. The zero-order chi connectivity index (χ0) is 19.6. The average molecular weight is 384 g/mol. The number of carbonyl (C=O) groups is 1. The molecule has 2 aromatic heterocycles. The Labute approximate surface area is 158 Å². The first-order valence-electron chi connectivity index (χ1n) is 7.92. The molecule has 9 heteroatoms. The van der Waals surface area contributed by atoms with Crippen molar-refractivity contribution in [3.8, 4) is 17.6 Å². The maximum atomic E-state index is 12.6. The van der Waals surface area contributed by atoms with Crippen molar-refractivity contribution in [3.05, 3.63) is 50.9 Å². The van der Waals surface area contributed by atoms with Crippen LogP contribution >= 0.6 is 11.3 Å². The van der Waals surface area contributed by atoms with Crippen LogP contribution in [-0.4, -0.2) is 29.3 Å². The van der Waals surface area contributed by atoms with E-state index < -0.39 is 5.91 Å².